The third-order valence-electron chi connectivity index (χ3n) is 16.7. The van der Waals surface area contributed by atoms with E-state index in [1.54, 1.807) is 89.2 Å². The number of aliphatic hydroxyl groups is 1. The first-order chi connectivity index (χ1) is 52.5. The normalized spacial score (nSPS) is 22.4. The van der Waals surface area contributed by atoms with Gasteiger partial charge in [0.15, 0.2) is 5.82 Å². The van der Waals surface area contributed by atoms with Gasteiger partial charge in [0.25, 0.3) is 11.8 Å². The fourth-order valence-electron chi connectivity index (χ4n) is 11.7. The molecule has 4 saturated carbocycles. The van der Waals surface area contributed by atoms with Gasteiger partial charge < -0.3 is 94.8 Å². The number of carbonyl (C=O) groups excluding carboxylic acids is 6. The number of aromatic nitrogens is 7. The molecule has 0 spiro atoms. The molecule has 4 aliphatic rings. The first-order valence-corrected chi connectivity index (χ1v) is 38.7. The fourth-order valence-corrected chi connectivity index (χ4v) is 11.7. The number of para-hydroxylation sites is 1. The SMILES string of the molecule is CC(C)(C)OC(=O)N[C@H]1[C@@H](O)CCC[C@H]1NC(=O)OC(C)(C)C.CC(C)(C)OC(=O)N[C@H]1[C@H](F)CCC[C@H]1NC(=O)OC(C)(C)C.CS(F)(F)F.Cc1cccc(Nc2nc(N[C@@H]3CCC[C@@H](F)[C@@H]3N)ncc2C(N)=O)c1.Cc1cccc(Nc2nc(On3nnc4ccccc43)ncc2C(N)=O)c1.N[C@@H]1[C@H](N)CCC[C@H]1F. The number of hydrogen-bond acceptors (Lipinski definition) is 24. The molecule has 3 aromatic carbocycles. The predicted octanol–water partition coefficient (Wildman–Crippen LogP) is 12.3. The van der Waals surface area contributed by atoms with Crippen LogP contribution in [0, 0.1) is 13.8 Å². The van der Waals surface area contributed by atoms with Gasteiger partial charge >= 0.3 is 30.4 Å². The van der Waals surface area contributed by atoms with Gasteiger partial charge in [-0.05, 0) is 227 Å². The van der Waals surface area contributed by atoms with E-state index in [0.717, 1.165) is 54.6 Å². The van der Waals surface area contributed by atoms with Gasteiger partial charge in [0, 0.05) is 42.1 Å². The molecule has 0 saturated heterocycles. The zero-order valence-corrected chi connectivity index (χ0v) is 67.4. The van der Waals surface area contributed by atoms with Gasteiger partial charge in [0.2, 0.25) is 17.1 Å². The van der Waals surface area contributed by atoms with Crippen molar-refractivity contribution in [2.75, 3.05) is 22.2 Å². The lowest BCUT2D eigenvalue weighted by atomic mass is 9.88. The topological polar surface area (TPSA) is 465 Å². The Kier molecular flexibility index (Phi) is 35.2. The molecule has 4 fully saturated rings. The van der Waals surface area contributed by atoms with E-state index in [-0.39, 0.29) is 47.2 Å². The summed E-state index contributed by atoms with van der Waals surface area (Å²) in [5.41, 5.74) is 30.5. The van der Waals surface area contributed by atoms with Crippen molar-refractivity contribution >= 4 is 87.4 Å². The molecule has 628 valence electrons. The van der Waals surface area contributed by atoms with Crippen LogP contribution in [0.3, 0.4) is 0 Å². The molecule has 0 aliphatic heterocycles. The second-order valence-electron chi connectivity index (χ2n) is 31.5. The second-order valence-corrected chi connectivity index (χ2v) is 32.8. The Morgan fingerprint density at radius 1 is 0.522 bits per heavy atom. The number of rotatable bonds is 14. The monoisotopic (exact) mass is 1620 g/mol. The van der Waals surface area contributed by atoms with Gasteiger partial charge in [-0.3, -0.25) is 9.59 Å². The summed E-state index contributed by atoms with van der Waals surface area (Å²) in [4.78, 5) is 94.7. The lowest BCUT2D eigenvalue weighted by Crippen LogP contribution is -2.59. The number of hydrogen-bond donors (Lipinski definition) is 13. The first kappa shape index (κ1) is 93.8. The van der Waals surface area contributed by atoms with Gasteiger partial charge in [-0.2, -0.15) is 9.97 Å². The zero-order chi connectivity index (χ0) is 84.5. The third-order valence-corrected chi connectivity index (χ3v) is 16.7. The molecule has 3 heterocycles. The number of nitrogens with zero attached hydrogens (tertiary/aromatic N) is 7. The van der Waals surface area contributed by atoms with Crippen LogP contribution >= 0.6 is 11.2 Å². The number of carbonyl (C=O) groups is 6. The second kappa shape index (κ2) is 42.4. The molecular weight excluding hydrogens is 1510 g/mol. The van der Waals surface area contributed by atoms with Crippen molar-refractivity contribution in [3.8, 4) is 6.01 Å². The molecule has 18 N–H and O–H groups in total. The lowest BCUT2D eigenvalue weighted by molar-refractivity contribution is 0.0225. The van der Waals surface area contributed by atoms with Crippen LogP contribution in [0.25, 0.3) is 11.0 Å². The number of fused-ring (bicyclic) bond motifs is 1. The summed E-state index contributed by atoms with van der Waals surface area (Å²) in [5.74, 6) is -0.475. The number of aryl methyl sites for hydroxylation is 2. The van der Waals surface area contributed by atoms with Crippen molar-refractivity contribution in [1.29, 1.82) is 0 Å². The highest BCUT2D eigenvalue weighted by Gasteiger charge is 2.39. The quantitative estimate of drug-likeness (QED) is 0.0356. The Balaban J connectivity index is 0.000000255. The Hall–Kier alpha value is -9.79. The lowest BCUT2D eigenvalue weighted by Gasteiger charge is -2.37. The molecule has 3 aromatic heterocycles. The number of nitrogens with two attached hydrogens (primary N) is 5. The summed E-state index contributed by atoms with van der Waals surface area (Å²) >= 11 is -4.67. The first-order valence-electron chi connectivity index (χ1n) is 37.0. The third kappa shape index (κ3) is 34.6. The zero-order valence-electron chi connectivity index (χ0n) is 66.6. The van der Waals surface area contributed by atoms with E-state index in [1.165, 1.54) is 17.2 Å². The summed E-state index contributed by atoms with van der Waals surface area (Å²) in [5, 5.41) is 37.9. The van der Waals surface area contributed by atoms with Crippen LogP contribution < -0.4 is 70.7 Å². The molecule has 6 amide bonds. The average Bonchev–Trinajstić information content (AvgIpc) is 1.74. The van der Waals surface area contributed by atoms with E-state index in [1.807, 2.05) is 80.6 Å². The molecule has 6 aromatic rings. The van der Waals surface area contributed by atoms with Crippen molar-refractivity contribution in [2.24, 2.45) is 28.7 Å². The maximum atomic E-state index is 14.2. The van der Waals surface area contributed by atoms with Gasteiger partial charge in [0.05, 0.1) is 42.4 Å². The van der Waals surface area contributed by atoms with E-state index in [0.29, 0.717) is 61.8 Å². The highest BCUT2D eigenvalue weighted by atomic mass is 32.3. The van der Waals surface area contributed by atoms with Crippen LogP contribution in [0.5, 0.6) is 6.01 Å². The maximum Gasteiger partial charge on any atom is 0.408 e. The van der Waals surface area contributed by atoms with Crippen molar-refractivity contribution in [2.45, 2.75) is 269 Å². The standard InChI is InChI=1S/C18H23FN6O.C18H15N7O2.C16H29FN2O4.C16H30N2O5.C6H13FN2.CH3F3S/c1-10-4-2-5-11(8-10)23-17-12(16(21)26)9-22-18(25-17)24-14-7-3-6-13(19)15(14)20;1-11-5-4-6-12(9-11)21-17-13(16(19)26)10-20-18(22-17)27-25-15-8-3-2-7-14(15)23-24-25;1-15(2,3)22-13(20)18-11-9-7-8-10(17)12(11)19-14(21)23-16(4,5)6;1-15(2,3)22-13(20)17-10-8-7-9-11(19)12(10)18-14(21)23-16(4,5)6;7-4-2-1-3-5(8)6(4)9;1-5(2,3)4/h2,4-5,8-9,13-15H,3,6-7,20H2,1H3,(H2,21,26)(H2,22,23,24,25);2-10H,1H3,(H2,19,26)(H,20,21,22);10-12H,7-9H2,1-6H3,(H,18,20)(H,19,21);10-12,19H,7-9H2,1-6H3,(H,17,20)(H,18,21);4-6H,1-3,8-9H2;1H3/t13-,14-,15+;;10-,11-,12+;10-,11+,12-;4-,5-,6+;/m1.111./s1. The molecular formula is C75H113F6N19O12S. The summed E-state index contributed by atoms with van der Waals surface area (Å²) in [6.45, 7) is 25.0. The van der Waals surface area contributed by atoms with Gasteiger partial charge in [0.1, 0.15) is 68.9 Å². The number of halogens is 6. The van der Waals surface area contributed by atoms with E-state index in [4.69, 9.17) is 52.5 Å². The summed E-state index contributed by atoms with van der Waals surface area (Å²) < 4.78 is 92.8. The molecule has 0 unspecified atom stereocenters. The Bertz CT molecular complexity index is 3980. The minimum atomic E-state index is -4.67. The van der Waals surface area contributed by atoms with Crippen molar-refractivity contribution < 1.29 is 82.5 Å². The summed E-state index contributed by atoms with van der Waals surface area (Å²) in [6.07, 6.45) is 4.39. The van der Waals surface area contributed by atoms with E-state index < -0.39 is 131 Å². The van der Waals surface area contributed by atoms with Crippen LogP contribution in [0.2, 0.25) is 0 Å². The Morgan fingerprint density at radius 3 is 1.41 bits per heavy atom. The summed E-state index contributed by atoms with van der Waals surface area (Å²) in [6, 6.07) is 18.8. The van der Waals surface area contributed by atoms with Crippen LogP contribution in [-0.2, 0) is 18.9 Å². The number of anilines is 5. The van der Waals surface area contributed by atoms with Crippen LogP contribution in [0.15, 0.2) is 85.2 Å². The van der Waals surface area contributed by atoms with E-state index >= 15 is 0 Å². The van der Waals surface area contributed by atoms with Crippen molar-refractivity contribution in [3.05, 3.63) is 107 Å². The highest BCUT2D eigenvalue weighted by Crippen LogP contribution is 2.48. The number of primary amides is 2. The molecule has 4 aliphatic carbocycles. The maximum absolute atomic E-state index is 14.2. The van der Waals surface area contributed by atoms with Crippen LogP contribution in [0.1, 0.15) is 192 Å². The molecule has 0 bridgehead atoms. The molecule has 0 radical (unpaired) electrons. The number of nitrogens with one attached hydrogen (secondary N) is 7. The molecule has 113 heavy (non-hydrogen) atoms. The molecule has 31 nitrogen and oxygen atoms in total. The largest absolute Gasteiger partial charge is 0.444 e. The van der Waals surface area contributed by atoms with Crippen molar-refractivity contribution in [3.63, 3.8) is 0 Å². The number of benzene rings is 3. The number of ether oxygens (including phenoxy) is 4. The van der Waals surface area contributed by atoms with Crippen molar-refractivity contribution in [1.82, 2.24) is 56.4 Å². The fraction of sp³-hybridized carbons (Fsp3) is 0.573. The summed E-state index contributed by atoms with van der Waals surface area (Å²) in [7, 11) is 0. The van der Waals surface area contributed by atoms with Crippen LogP contribution in [-0.4, -0.2) is 178 Å². The minimum Gasteiger partial charge on any atom is -0.444 e. The minimum absolute atomic E-state index is 0.00851. The number of alkyl carbamates (subject to hydrolysis) is 4. The number of alkyl halides is 3. The molecule has 12 atom stereocenters. The number of amides is 6. The van der Waals surface area contributed by atoms with Crippen LogP contribution in [0.4, 0.5) is 73.0 Å². The predicted molar refractivity (Wildman–Crippen MR) is 420 cm³/mol. The highest BCUT2D eigenvalue weighted by molar-refractivity contribution is 8.20. The smallest absolute Gasteiger partial charge is 0.408 e. The average molecular weight is 1620 g/mol. The van der Waals surface area contributed by atoms with Gasteiger partial charge in [-0.15, -0.1) is 16.8 Å². The number of aliphatic hydroxyl groups excluding tert-OH is 1. The van der Waals surface area contributed by atoms with E-state index in [2.05, 4.69) is 67.5 Å². The Morgan fingerprint density at radius 2 is 0.938 bits per heavy atom. The Labute approximate surface area is 657 Å². The molecule has 10 rings (SSSR count). The van der Waals surface area contributed by atoms with Gasteiger partial charge in [-0.1, -0.05) is 41.2 Å². The van der Waals surface area contributed by atoms with Gasteiger partial charge in [-0.25, -0.2) is 42.3 Å². The van der Waals surface area contributed by atoms with E-state index in [9.17, 15) is 58.7 Å². The molecule has 38 heteroatoms.